The number of benzene rings is 1. The summed E-state index contributed by atoms with van der Waals surface area (Å²) in [4.78, 5) is 27.6. The summed E-state index contributed by atoms with van der Waals surface area (Å²) in [5, 5.41) is 11.0. The highest BCUT2D eigenvalue weighted by Gasteiger charge is 2.62. The molecule has 142 valence electrons. The summed E-state index contributed by atoms with van der Waals surface area (Å²) in [6, 6.07) is 8.89. The Labute approximate surface area is 153 Å². The van der Waals surface area contributed by atoms with Gasteiger partial charge in [0.15, 0.2) is 11.3 Å². The second kappa shape index (κ2) is 7.15. The van der Waals surface area contributed by atoms with Gasteiger partial charge in [-0.1, -0.05) is 31.5 Å². The van der Waals surface area contributed by atoms with Crippen LogP contribution in [0.1, 0.15) is 39.5 Å². The van der Waals surface area contributed by atoms with Crippen molar-refractivity contribution in [1.29, 1.82) is 0 Å². The first-order valence-corrected chi connectivity index (χ1v) is 9.14. The quantitative estimate of drug-likeness (QED) is 0.891. The van der Waals surface area contributed by atoms with Gasteiger partial charge in [-0.05, 0) is 25.5 Å². The SMILES string of the molecule is CCCCN1C(=O)OC2(CCN(C(=O)Oc3ccccc3)CC2)C1(C)O. The number of unbranched alkanes of at least 4 members (excludes halogenated alkanes) is 1. The molecule has 7 nitrogen and oxygen atoms in total. The normalized spacial score (nSPS) is 24.7. The van der Waals surface area contributed by atoms with Gasteiger partial charge in [0.05, 0.1) is 0 Å². The summed E-state index contributed by atoms with van der Waals surface area (Å²) < 4.78 is 11.0. The Hall–Kier alpha value is -2.28. The number of nitrogens with zero attached hydrogens (tertiary/aromatic N) is 2. The van der Waals surface area contributed by atoms with E-state index in [9.17, 15) is 14.7 Å². The molecule has 1 aromatic carbocycles. The molecule has 2 fully saturated rings. The summed E-state index contributed by atoms with van der Waals surface area (Å²) in [7, 11) is 0. The molecular formula is C19H26N2O5. The molecule has 2 aliphatic heterocycles. The maximum atomic E-state index is 12.3. The highest BCUT2D eigenvalue weighted by molar-refractivity contribution is 5.73. The van der Waals surface area contributed by atoms with Crippen LogP contribution in [-0.4, -0.2) is 58.1 Å². The molecule has 0 aromatic heterocycles. The Morgan fingerprint density at radius 3 is 2.54 bits per heavy atom. The third-order valence-corrected chi connectivity index (χ3v) is 5.40. The average molecular weight is 362 g/mol. The zero-order valence-corrected chi connectivity index (χ0v) is 15.3. The molecule has 1 aromatic rings. The number of ether oxygens (including phenoxy) is 2. The van der Waals surface area contributed by atoms with Gasteiger partial charge in [-0.25, -0.2) is 9.59 Å². The van der Waals surface area contributed by atoms with Gasteiger partial charge in [0.2, 0.25) is 0 Å². The van der Waals surface area contributed by atoms with Crippen molar-refractivity contribution in [3.05, 3.63) is 30.3 Å². The number of para-hydroxylation sites is 1. The molecule has 2 saturated heterocycles. The van der Waals surface area contributed by atoms with Crippen molar-refractivity contribution in [2.24, 2.45) is 0 Å². The van der Waals surface area contributed by atoms with Gasteiger partial charge in [-0.2, -0.15) is 0 Å². The van der Waals surface area contributed by atoms with E-state index in [0.29, 0.717) is 38.2 Å². The number of piperidine rings is 1. The van der Waals surface area contributed by atoms with Crippen molar-refractivity contribution in [2.45, 2.75) is 50.9 Å². The Kier molecular flexibility index (Phi) is 5.09. The topological polar surface area (TPSA) is 79.3 Å². The minimum Gasteiger partial charge on any atom is -0.437 e. The zero-order valence-electron chi connectivity index (χ0n) is 15.3. The number of carbonyl (C=O) groups is 2. The minimum absolute atomic E-state index is 0.358. The van der Waals surface area contributed by atoms with Gasteiger partial charge >= 0.3 is 12.2 Å². The van der Waals surface area contributed by atoms with Crippen LogP contribution in [0, 0.1) is 0 Å². The minimum atomic E-state index is -1.38. The lowest BCUT2D eigenvalue weighted by Gasteiger charge is -2.44. The maximum Gasteiger partial charge on any atom is 0.415 e. The zero-order chi connectivity index (χ0) is 18.8. The van der Waals surface area contributed by atoms with E-state index in [2.05, 4.69) is 0 Å². The molecular weight excluding hydrogens is 336 g/mol. The third kappa shape index (κ3) is 3.23. The van der Waals surface area contributed by atoms with Crippen LogP contribution in [0.2, 0.25) is 0 Å². The van der Waals surface area contributed by atoms with Gasteiger partial charge in [-0.3, -0.25) is 4.90 Å². The molecule has 2 heterocycles. The summed E-state index contributed by atoms with van der Waals surface area (Å²) in [5.74, 6) is 0.489. The van der Waals surface area contributed by atoms with E-state index >= 15 is 0 Å². The van der Waals surface area contributed by atoms with Gasteiger partial charge in [0, 0.05) is 32.5 Å². The Morgan fingerprint density at radius 1 is 1.27 bits per heavy atom. The molecule has 7 heteroatoms. The van der Waals surface area contributed by atoms with E-state index in [1.165, 1.54) is 4.90 Å². The molecule has 1 unspecified atom stereocenters. The number of hydrogen-bond donors (Lipinski definition) is 1. The highest BCUT2D eigenvalue weighted by Crippen LogP contribution is 2.44. The summed E-state index contributed by atoms with van der Waals surface area (Å²) in [6.07, 6.45) is 1.56. The Morgan fingerprint density at radius 2 is 1.92 bits per heavy atom. The van der Waals surface area contributed by atoms with Crippen LogP contribution in [0.25, 0.3) is 0 Å². The number of amides is 2. The molecule has 1 N–H and O–H groups in total. The molecule has 2 amide bonds. The van der Waals surface area contributed by atoms with Crippen molar-refractivity contribution in [3.63, 3.8) is 0 Å². The number of carbonyl (C=O) groups excluding carboxylic acids is 2. The molecule has 0 bridgehead atoms. The fraction of sp³-hybridized carbons (Fsp3) is 0.579. The van der Waals surface area contributed by atoms with Crippen LogP contribution in [-0.2, 0) is 4.74 Å². The van der Waals surface area contributed by atoms with E-state index in [0.717, 1.165) is 12.8 Å². The van der Waals surface area contributed by atoms with Crippen LogP contribution in [0.4, 0.5) is 9.59 Å². The monoisotopic (exact) mass is 362 g/mol. The van der Waals surface area contributed by atoms with E-state index in [4.69, 9.17) is 9.47 Å². The van der Waals surface area contributed by atoms with Gasteiger partial charge in [0.25, 0.3) is 0 Å². The smallest absolute Gasteiger partial charge is 0.415 e. The van der Waals surface area contributed by atoms with Gasteiger partial charge in [-0.15, -0.1) is 0 Å². The van der Waals surface area contributed by atoms with Crippen molar-refractivity contribution in [1.82, 2.24) is 9.80 Å². The maximum absolute atomic E-state index is 12.3. The summed E-state index contributed by atoms with van der Waals surface area (Å²) in [5.41, 5.74) is -2.37. The van der Waals surface area contributed by atoms with Crippen molar-refractivity contribution < 1.29 is 24.2 Å². The molecule has 26 heavy (non-hydrogen) atoms. The van der Waals surface area contributed by atoms with E-state index in [1.807, 2.05) is 13.0 Å². The predicted molar refractivity (Wildman–Crippen MR) is 94.7 cm³/mol. The fourth-order valence-corrected chi connectivity index (χ4v) is 3.65. The predicted octanol–water partition coefficient (Wildman–Crippen LogP) is 2.98. The Balaban J connectivity index is 1.64. The standard InChI is InChI=1S/C19H26N2O5/c1-3-4-12-21-17(23)26-19(18(21,2)24)10-13-20(14-11-19)16(22)25-15-8-6-5-7-9-15/h5-9,24H,3-4,10-14H2,1-2H3. The molecule has 0 aliphatic carbocycles. The molecule has 0 radical (unpaired) electrons. The van der Waals surface area contributed by atoms with Crippen LogP contribution in [0.15, 0.2) is 30.3 Å². The second-order valence-electron chi connectivity index (χ2n) is 7.06. The first-order chi connectivity index (χ1) is 12.4. The van der Waals surface area contributed by atoms with Crippen LogP contribution < -0.4 is 4.74 Å². The summed E-state index contributed by atoms with van der Waals surface area (Å²) >= 11 is 0. The van der Waals surface area contributed by atoms with Crippen molar-refractivity contribution in [3.8, 4) is 5.75 Å². The lowest BCUT2D eigenvalue weighted by Crippen LogP contribution is -2.61. The van der Waals surface area contributed by atoms with Crippen molar-refractivity contribution >= 4 is 12.2 Å². The van der Waals surface area contributed by atoms with Crippen molar-refractivity contribution in [2.75, 3.05) is 19.6 Å². The number of hydrogen-bond acceptors (Lipinski definition) is 5. The van der Waals surface area contributed by atoms with Crippen LogP contribution in [0.5, 0.6) is 5.75 Å². The van der Waals surface area contributed by atoms with Gasteiger partial charge < -0.3 is 19.5 Å². The molecule has 3 rings (SSSR count). The summed E-state index contributed by atoms with van der Waals surface area (Å²) in [6.45, 7) is 4.84. The molecule has 1 atom stereocenters. The van der Waals surface area contributed by atoms with Crippen LogP contribution in [0.3, 0.4) is 0 Å². The fourth-order valence-electron chi connectivity index (χ4n) is 3.65. The largest absolute Gasteiger partial charge is 0.437 e. The molecule has 1 spiro atoms. The number of likely N-dealkylation sites (tertiary alicyclic amines) is 1. The highest BCUT2D eigenvalue weighted by atomic mass is 16.6. The van der Waals surface area contributed by atoms with E-state index in [1.54, 1.807) is 36.1 Å². The van der Waals surface area contributed by atoms with Gasteiger partial charge in [0.1, 0.15) is 5.75 Å². The van der Waals surface area contributed by atoms with Crippen LogP contribution >= 0.6 is 0 Å². The first kappa shape index (κ1) is 18.5. The first-order valence-electron chi connectivity index (χ1n) is 9.14. The lowest BCUT2D eigenvalue weighted by molar-refractivity contribution is -0.163. The van der Waals surface area contributed by atoms with E-state index < -0.39 is 23.5 Å². The number of rotatable bonds is 4. The third-order valence-electron chi connectivity index (χ3n) is 5.40. The lowest BCUT2D eigenvalue weighted by atomic mass is 9.82. The number of aliphatic hydroxyl groups is 1. The average Bonchev–Trinajstić information content (AvgIpc) is 2.80. The molecule has 2 aliphatic rings. The Bertz CT molecular complexity index is 653. The van der Waals surface area contributed by atoms with E-state index in [-0.39, 0.29) is 0 Å². The molecule has 0 saturated carbocycles. The second-order valence-corrected chi connectivity index (χ2v) is 7.06.